The van der Waals surface area contributed by atoms with Crippen molar-refractivity contribution >= 4 is 23.1 Å². The van der Waals surface area contributed by atoms with Crippen molar-refractivity contribution in [2.24, 2.45) is 0 Å². The molecule has 5 nitrogen and oxygen atoms in total. The van der Waals surface area contributed by atoms with Gasteiger partial charge in [-0.05, 0) is 29.2 Å². The summed E-state index contributed by atoms with van der Waals surface area (Å²) in [5.74, 6) is 0.405. The number of rotatable bonds is 4. The molecule has 1 N–H and O–H groups in total. The van der Waals surface area contributed by atoms with Crippen molar-refractivity contribution < 1.29 is 4.79 Å². The van der Waals surface area contributed by atoms with Crippen LogP contribution in [0.15, 0.2) is 67.0 Å². The molecular weight excluding hydrogens is 336 g/mol. The van der Waals surface area contributed by atoms with Crippen molar-refractivity contribution in [1.29, 1.82) is 0 Å². The highest BCUT2D eigenvalue weighted by atomic mass is 16.1. The van der Waals surface area contributed by atoms with Crippen molar-refractivity contribution in [3.63, 3.8) is 0 Å². The number of hydrogen-bond donors (Lipinski definition) is 1. The summed E-state index contributed by atoms with van der Waals surface area (Å²) < 4.78 is 0. The molecule has 0 radical (unpaired) electrons. The van der Waals surface area contributed by atoms with E-state index in [0.717, 1.165) is 16.9 Å². The summed E-state index contributed by atoms with van der Waals surface area (Å²) >= 11 is 0. The SMILES string of the molecule is CN(c1ccccc1)c1cc(C(=O)Nc2ccccc2C(C)(C)C)ncn1. The van der Waals surface area contributed by atoms with Crippen LogP contribution in [0.2, 0.25) is 0 Å². The van der Waals surface area contributed by atoms with E-state index in [1.807, 2.05) is 66.5 Å². The molecule has 0 saturated heterocycles. The Labute approximate surface area is 160 Å². The quantitative estimate of drug-likeness (QED) is 0.726. The van der Waals surface area contributed by atoms with Crippen molar-refractivity contribution in [1.82, 2.24) is 9.97 Å². The van der Waals surface area contributed by atoms with Crippen molar-refractivity contribution in [3.05, 3.63) is 78.2 Å². The Morgan fingerprint density at radius 3 is 2.33 bits per heavy atom. The molecule has 1 aromatic heterocycles. The van der Waals surface area contributed by atoms with Crippen molar-refractivity contribution in [2.45, 2.75) is 26.2 Å². The second-order valence-electron chi connectivity index (χ2n) is 7.41. The largest absolute Gasteiger partial charge is 0.329 e. The molecule has 27 heavy (non-hydrogen) atoms. The van der Waals surface area contributed by atoms with Crippen LogP contribution in [-0.4, -0.2) is 22.9 Å². The molecule has 0 spiro atoms. The number of para-hydroxylation sites is 2. The zero-order valence-electron chi connectivity index (χ0n) is 16.1. The first-order valence-electron chi connectivity index (χ1n) is 8.88. The fourth-order valence-electron chi connectivity index (χ4n) is 2.87. The maximum Gasteiger partial charge on any atom is 0.274 e. The van der Waals surface area contributed by atoms with Crippen LogP contribution in [0.5, 0.6) is 0 Å². The van der Waals surface area contributed by atoms with Gasteiger partial charge < -0.3 is 10.2 Å². The molecule has 5 heteroatoms. The second kappa shape index (κ2) is 7.58. The third-order valence-electron chi connectivity index (χ3n) is 4.36. The van der Waals surface area contributed by atoms with Crippen LogP contribution in [0.3, 0.4) is 0 Å². The lowest BCUT2D eigenvalue weighted by molar-refractivity contribution is 0.102. The van der Waals surface area contributed by atoms with Gasteiger partial charge in [0.25, 0.3) is 5.91 Å². The molecule has 0 aliphatic heterocycles. The van der Waals surface area contributed by atoms with E-state index in [0.29, 0.717) is 11.5 Å². The summed E-state index contributed by atoms with van der Waals surface area (Å²) in [4.78, 5) is 23.2. The average molecular weight is 360 g/mol. The molecule has 0 saturated carbocycles. The van der Waals surface area contributed by atoms with Crippen molar-refractivity contribution in [3.8, 4) is 0 Å². The predicted molar refractivity (Wildman–Crippen MR) is 110 cm³/mol. The molecule has 0 atom stereocenters. The van der Waals surface area contributed by atoms with Crippen molar-refractivity contribution in [2.75, 3.05) is 17.3 Å². The average Bonchev–Trinajstić information content (AvgIpc) is 2.68. The Morgan fingerprint density at radius 2 is 1.63 bits per heavy atom. The predicted octanol–water partition coefficient (Wildman–Crippen LogP) is 4.79. The van der Waals surface area contributed by atoms with Gasteiger partial charge in [-0.3, -0.25) is 4.79 Å². The topological polar surface area (TPSA) is 58.1 Å². The summed E-state index contributed by atoms with van der Waals surface area (Å²) in [6.07, 6.45) is 1.42. The highest BCUT2D eigenvalue weighted by Gasteiger charge is 2.19. The summed E-state index contributed by atoms with van der Waals surface area (Å²) in [5, 5.41) is 2.99. The van der Waals surface area contributed by atoms with E-state index in [4.69, 9.17) is 0 Å². The monoisotopic (exact) mass is 360 g/mol. The van der Waals surface area contributed by atoms with E-state index in [1.165, 1.54) is 6.33 Å². The lowest BCUT2D eigenvalue weighted by Crippen LogP contribution is -2.20. The number of nitrogens with zero attached hydrogens (tertiary/aromatic N) is 3. The van der Waals surface area contributed by atoms with E-state index >= 15 is 0 Å². The van der Waals surface area contributed by atoms with Crippen LogP contribution in [-0.2, 0) is 5.41 Å². The highest BCUT2D eigenvalue weighted by molar-refractivity contribution is 6.03. The number of hydrogen-bond acceptors (Lipinski definition) is 4. The van der Waals surface area contributed by atoms with E-state index in [-0.39, 0.29) is 11.3 Å². The molecular formula is C22H24N4O. The van der Waals surface area contributed by atoms with Gasteiger partial charge in [-0.15, -0.1) is 0 Å². The van der Waals surface area contributed by atoms with Crippen LogP contribution < -0.4 is 10.2 Å². The first-order chi connectivity index (χ1) is 12.9. The smallest absolute Gasteiger partial charge is 0.274 e. The molecule has 0 fully saturated rings. The number of benzene rings is 2. The third-order valence-corrected chi connectivity index (χ3v) is 4.36. The molecule has 3 rings (SSSR count). The summed E-state index contributed by atoms with van der Waals surface area (Å²) in [6, 6.07) is 19.4. The van der Waals surface area contributed by atoms with Gasteiger partial charge in [0.15, 0.2) is 0 Å². The third kappa shape index (κ3) is 4.31. The highest BCUT2D eigenvalue weighted by Crippen LogP contribution is 2.29. The number of amides is 1. The number of aromatic nitrogens is 2. The van der Waals surface area contributed by atoms with Gasteiger partial charge in [0, 0.05) is 24.5 Å². The van der Waals surface area contributed by atoms with E-state index in [1.54, 1.807) is 6.07 Å². The molecule has 0 aliphatic rings. The summed E-state index contributed by atoms with van der Waals surface area (Å²) in [7, 11) is 1.91. The molecule has 0 unspecified atom stereocenters. The van der Waals surface area contributed by atoms with Crippen LogP contribution in [0.1, 0.15) is 36.8 Å². The second-order valence-corrected chi connectivity index (χ2v) is 7.41. The van der Waals surface area contributed by atoms with E-state index < -0.39 is 0 Å². The van der Waals surface area contributed by atoms with Gasteiger partial charge in [0.2, 0.25) is 0 Å². The Hall–Kier alpha value is -3.21. The number of nitrogens with one attached hydrogen (secondary N) is 1. The van der Waals surface area contributed by atoms with Gasteiger partial charge in [-0.25, -0.2) is 9.97 Å². The van der Waals surface area contributed by atoms with Crippen LogP contribution in [0.25, 0.3) is 0 Å². The van der Waals surface area contributed by atoms with Gasteiger partial charge in [-0.2, -0.15) is 0 Å². The molecule has 138 valence electrons. The minimum Gasteiger partial charge on any atom is -0.329 e. The molecule has 1 heterocycles. The van der Waals surface area contributed by atoms with Crippen LogP contribution >= 0.6 is 0 Å². The first kappa shape index (κ1) is 18.6. The first-order valence-corrected chi connectivity index (χ1v) is 8.88. The Kier molecular flexibility index (Phi) is 5.21. The zero-order valence-corrected chi connectivity index (χ0v) is 16.1. The fraction of sp³-hybridized carbons (Fsp3) is 0.227. The lowest BCUT2D eigenvalue weighted by atomic mass is 9.86. The fourth-order valence-corrected chi connectivity index (χ4v) is 2.87. The zero-order chi connectivity index (χ0) is 19.4. The number of carbonyl (C=O) groups excluding carboxylic acids is 1. The molecule has 1 amide bonds. The summed E-state index contributed by atoms with van der Waals surface area (Å²) in [6.45, 7) is 6.36. The molecule has 0 bridgehead atoms. The minimum atomic E-state index is -0.253. The van der Waals surface area contributed by atoms with Crippen LogP contribution in [0.4, 0.5) is 17.2 Å². The van der Waals surface area contributed by atoms with Gasteiger partial charge in [0.05, 0.1) is 0 Å². The number of carbonyl (C=O) groups is 1. The van der Waals surface area contributed by atoms with Gasteiger partial charge in [-0.1, -0.05) is 57.2 Å². The molecule has 3 aromatic rings. The Morgan fingerprint density at radius 1 is 0.963 bits per heavy atom. The lowest BCUT2D eigenvalue weighted by Gasteiger charge is -2.23. The van der Waals surface area contributed by atoms with Crippen LogP contribution in [0, 0.1) is 0 Å². The van der Waals surface area contributed by atoms with Gasteiger partial charge in [0.1, 0.15) is 17.8 Å². The Balaban J connectivity index is 1.85. The maximum atomic E-state index is 12.8. The maximum absolute atomic E-state index is 12.8. The molecule has 2 aromatic carbocycles. The van der Waals surface area contributed by atoms with E-state index in [9.17, 15) is 4.79 Å². The van der Waals surface area contributed by atoms with E-state index in [2.05, 4.69) is 36.1 Å². The molecule has 0 aliphatic carbocycles. The minimum absolute atomic E-state index is 0.0752. The number of anilines is 3. The normalized spacial score (nSPS) is 11.1. The summed E-state index contributed by atoms with van der Waals surface area (Å²) in [5.41, 5.74) is 3.11. The van der Waals surface area contributed by atoms with Gasteiger partial charge >= 0.3 is 0 Å². The standard InChI is InChI=1S/C22H24N4O/c1-22(2,3)17-12-8-9-13-18(17)25-21(27)19-14-20(24-15-23-19)26(4)16-10-6-5-7-11-16/h5-15H,1-4H3,(H,25,27). The Bertz CT molecular complexity index is 932.